The zero-order chi connectivity index (χ0) is 14.0. The Hall–Kier alpha value is -1.85. The highest BCUT2D eigenvalue weighted by Gasteiger charge is 2.39. The number of rotatable bonds is 4. The summed E-state index contributed by atoms with van der Waals surface area (Å²) >= 11 is 0. The minimum atomic E-state index is -2.58. The van der Waals surface area contributed by atoms with E-state index in [0.717, 1.165) is 0 Å². The van der Waals surface area contributed by atoms with Crippen molar-refractivity contribution in [2.75, 3.05) is 12.3 Å². The Kier molecular flexibility index (Phi) is 3.59. The molecule has 1 aliphatic carbocycles. The van der Waals surface area contributed by atoms with Gasteiger partial charge in [-0.1, -0.05) is 0 Å². The molecule has 1 aromatic rings. The van der Waals surface area contributed by atoms with Gasteiger partial charge in [0.2, 0.25) is 5.92 Å². The SMILES string of the molecule is Nc1cc(OCC2CCC(F)(F)C2)ccc1C(=O)O. The third kappa shape index (κ3) is 3.33. The Morgan fingerprint density at radius 3 is 2.79 bits per heavy atom. The fourth-order valence-corrected chi connectivity index (χ4v) is 2.22. The quantitative estimate of drug-likeness (QED) is 0.826. The minimum Gasteiger partial charge on any atom is -0.493 e. The molecule has 1 unspecified atom stereocenters. The van der Waals surface area contributed by atoms with Gasteiger partial charge in [-0.15, -0.1) is 0 Å². The molecule has 0 heterocycles. The lowest BCUT2D eigenvalue weighted by Crippen LogP contribution is -2.14. The van der Waals surface area contributed by atoms with Gasteiger partial charge in [-0.3, -0.25) is 0 Å². The molecule has 0 saturated heterocycles. The summed E-state index contributed by atoms with van der Waals surface area (Å²) in [5.41, 5.74) is 5.67. The molecule has 0 spiro atoms. The number of hydrogen-bond donors (Lipinski definition) is 2. The summed E-state index contributed by atoms with van der Waals surface area (Å²) in [5.74, 6) is -3.46. The van der Waals surface area contributed by atoms with Crippen LogP contribution in [0.5, 0.6) is 5.75 Å². The van der Waals surface area contributed by atoms with Crippen molar-refractivity contribution in [1.82, 2.24) is 0 Å². The second-order valence-electron chi connectivity index (χ2n) is 4.83. The number of hydrogen-bond acceptors (Lipinski definition) is 3. The van der Waals surface area contributed by atoms with Gasteiger partial charge in [0.25, 0.3) is 0 Å². The normalized spacial score (nSPS) is 21.3. The molecule has 1 saturated carbocycles. The lowest BCUT2D eigenvalue weighted by molar-refractivity contribution is 0.00290. The van der Waals surface area contributed by atoms with Crippen LogP contribution in [0, 0.1) is 5.92 Å². The van der Waals surface area contributed by atoms with Crippen LogP contribution in [0.15, 0.2) is 18.2 Å². The summed E-state index contributed by atoms with van der Waals surface area (Å²) in [6.07, 6.45) is 0.187. The van der Waals surface area contributed by atoms with Gasteiger partial charge in [0.15, 0.2) is 0 Å². The maximum absolute atomic E-state index is 13.0. The fourth-order valence-electron chi connectivity index (χ4n) is 2.22. The molecule has 0 amide bonds. The highest BCUT2D eigenvalue weighted by molar-refractivity contribution is 5.93. The van der Waals surface area contributed by atoms with Crippen molar-refractivity contribution in [3.63, 3.8) is 0 Å². The summed E-state index contributed by atoms with van der Waals surface area (Å²) in [6.45, 7) is 0.196. The molecule has 1 aromatic carbocycles. The van der Waals surface area contributed by atoms with Gasteiger partial charge in [0.05, 0.1) is 12.2 Å². The van der Waals surface area contributed by atoms with E-state index < -0.39 is 11.9 Å². The Bertz CT molecular complexity index is 491. The van der Waals surface area contributed by atoms with Crippen molar-refractivity contribution in [1.29, 1.82) is 0 Å². The molecule has 0 bridgehead atoms. The number of nitrogens with two attached hydrogens (primary N) is 1. The predicted molar refractivity (Wildman–Crippen MR) is 65.6 cm³/mol. The van der Waals surface area contributed by atoms with Crippen LogP contribution < -0.4 is 10.5 Å². The maximum atomic E-state index is 13.0. The first-order chi connectivity index (χ1) is 8.87. The van der Waals surface area contributed by atoms with Crippen molar-refractivity contribution >= 4 is 11.7 Å². The maximum Gasteiger partial charge on any atom is 0.337 e. The van der Waals surface area contributed by atoms with Gasteiger partial charge in [0, 0.05) is 24.6 Å². The number of carboxylic acid groups (broad SMARTS) is 1. The first-order valence-corrected chi connectivity index (χ1v) is 6.01. The first kappa shape index (κ1) is 13.6. The average molecular weight is 271 g/mol. The number of alkyl halides is 2. The highest BCUT2D eigenvalue weighted by Crippen LogP contribution is 2.39. The van der Waals surface area contributed by atoms with Crippen LogP contribution >= 0.6 is 0 Å². The van der Waals surface area contributed by atoms with Gasteiger partial charge in [0.1, 0.15) is 5.75 Å². The zero-order valence-corrected chi connectivity index (χ0v) is 10.2. The van der Waals surface area contributed by atoms with Gasteiger partial charge in [-0.25, -0.2) is 13.6 Å². The number of aromatic carboxylic acids is 1. The van der Waals surface area contributed by atoms with Crippen LogP contribution in [0.4, 0.5) is 14.5 Å². The van der Waals surface area contributed by atoms with Crippen LogP contribution in [-0.4, -0.2) is 23.6 Å². The third-order valence-corrected chi connectivity index (χ3v) is 3.24. The molecule has 0 radical (unpaired) electrons. The second-order valence-corrected chi connectivity index (χ2v) is 4.83. The van der Waals surface area contributed by atoms with Gasteiger partial charge >= 0.3 is 5.97 Å². The van der Waals surface area contributed by atoms with Crippen LogP contribution in [0.1, 0.15) is 29.6 Å². The van der Waals surface area contributed by atoms with E-state index >= 15 is 0 Å². The van der Waals surface area contributed by atoms with Crippen molar-refractivity contribution in [2.24, 2.45) is 5.92 Å². The number of nitrogen functional groups attached to an aromatic ring is 1. The summed E-state index contributed by atoms with van der Waals surface area (Å²) in [4.78, 5) is 10.8. The molecule has 2 rings (SSSR count). The molecule has 1 fully saturated rings. The molecule has 1 atom stereocenters. The Balaban J connectivity index is 1.94. The number of benzene rings is 1. The molecule has 104 valence electrons. The topological polar surface area (TPSA) is 72.5 Å². The van der Waals surface area contributed by atoms with Crippen molar-refractivity contribution < 1.29 is 23.4 Å². The van der Waals surface area contributed by atoms with Crippen LogP contribution in [0.2, 0.25) is 0 Å². The largest absolute Gasteiger partial charge is 0.493 e. The summed E-state index contributed by atoms with van der Waals surface area (Å²) in [5, 5.41) is 8.81. The van der Waals surface area contributed by atoms with E-state index in [-0.39, 0.29) is 36.6 Å². The number of halogens is 2. The Morgan fingerprint density at radius 2 is 2.26 bits per heavy atom. The van der Waals surface area contributed by atoms with E-state index in [1.165, 1.54) is 18.2 Å². The lowest BCUT2D eigenvalue weighted by atomic mass is 10.1. The second kappa shape index (κ2) is 5.03. The fraction of sp³-hybridized carbons (Fsp3) is 0.462. The van der Waals surface area contributed by atoms with Crippen LogP contribution in [0.25, 0.3) is 0 Å². The van der Waals surface area contributed by atoms with Crippen molar-refractivity contribution in [3.05, 3.63) is 23.8 Å². The molecule has 0 aliphatic heterocycles. The van der Waals surface area contributed by atoms with E-state index in [2.05, 4.69) is 0 Å². The Morgan fingerprint density at radius 1 is 1.53 bits per heavy atom. The highest BCUT2D eigenvalue weighted by atomic mass is 19.3. The first-order valence-electron chi connectivity index (χ1n) is 6.01. The standard InChI is InChI=1S/C13H15F2NO3/c14-13(15)4-3-8(6-13)7-19-9-1-2-10(12(17)18)11(16)5-9/h1-2,5,8H,3-4,6-7,16H2,(H,17,18). The molecule has 19 heavy (non-hydrogen) atoms. The third-order valence-electron chi connectivity index (χ3n) is 3.24. The smallest absolute Gasteiger partial charge is 0.337 e. The van der Waals surface area contributed by atoms with E-state index in [1.54, 1.807) is 0 Å². The van der Waals surface area contributed by atoms with E-state index in [1.807, 2.05) is 0 Å². The average Bonchev–Trinajstić information content (AvgIpc) is 2.66. The van der Waals surface area contributed by atoms with Gasteiger partial charge in [-0.2, -0.15) is 0 Å². The molecule has 4 nitrogen and oxygen atoms in total. The number of carboxylic acids is 1. The molecule has 0 aromatic heterocycles. The Labute approximate surface area is 109 Å². The molecule has 1 aliphatic rings. The zero-order valence-electron chi connectivity index (χ0n) is 10.2. The van der Waals surface area contributed by atoms with Gasteiger partial charge in [-0.05, 0) is 24.5 Å². The summed E-state index contributed by atoms with van der Waals surface area (Å²) in [7, 11) is 0. The molecule has 3 N–H and O–H groups in total. The molecular formula is C13H15F2NO3. The van der Waals surface area contributed by atoms with Crippen molar-refractivity contribution in [2.45, 2.75) is 25.2 Å². The molecule has 6 heteroatoms. The lowest BCUT2D eigenvalue weighted by Gasteiger charge is -2.13. The number of carbonyl (C=O) groups is 1. The summed E-state index contributed by atoms with van der Waals surface area (Å²) in [6, 6.07) is 4.22. The van der Waals surface area contributed by atoms with Gasteiger partial charge < -0.3 is 15.6 Å². The summed E-state index contributed by atoms with van der Waals surface area (Å²) < 4.78 is 31.4. The monoisotopic (exact) mass is 271 g/mol. The molecular weight excluding hydrogens is 256 g/mol. The predicted octanol–water partition coefficient (Wildman–Crippen LogP) is 2.78. The number of ether oxygens (including phenoxy) is 1. The van der Waals surface area contributed by atoms with Crippen LogP contribution in [-0.2, 0) is 0 Å². The minimum absolute atomic E-state index is 0.000232. The van der Waals surface area contributed by atoms with Crippen molar-refractivity contribution in [3.8, 4) is 5.75 Å². The van der Waals surface area contributed by atoms with E-state index in [9.17, 15) is 13.6 Å². The van der Waals surface area contributed by atoms with Crippen LogP contribution in [0.3, 0.4) is 0 Å². The van der Waals surface area contributed by atoms with E-state index in [0.29, 0.717) is 12.2 Å². The number of anilines is 1. The van der Waals surface area contributed by atoms with E-state index in [4.69, 9.17) is 15.6 Å².